The van der Waals surface area contributed by atoms with Gasteiger partial charge in [0.2, 0.25) is 0 Å². The lowest BCUT2D eigenvalue weighted by molar-refractivity contribution is -0.386. The minimum Gasteiger partial charge on any atom is -0.482 e. The number of ether oxygens (including phenoxy) is 1. The van der Waals surface area contributed by atoms with Crippen molar-refractivity contribution >= 4 is 11.5 Å². The van der Waals surface area contributed by atoms with E-state index in [1.54, 1.807) is 5.01 Å². The van der Waals surface area contributed by atoms with Crippen LogP contribution in [0.5, 0.6) is 5.75 Å². The molecule has 1 aliphatic rings. The van der Waals surface area contributed by atoms with Crippen LogP contribution in [0.25, 0.3) is 0 Å². The molecular formula is C26H23F4N7O3. The first kappa shape index (κ1) is 28.2. The Kier molecular flexibility index (Phi) is 7.61. The topological polar surface area (TPSA) is 129 Å². The number of nitriles is 1. The van der Waals surface area contributed by atoms with Gasteiger partial charge in [0.05, 0.1) is 28.9 Å². The second-order valence-corrected chi connectivity index (χ2v) is 9.75. The molecule has 14 heteroatoms. The summed E-state index contributed by atoms with van der Waals surface area (Å²) in [5, 5.41) is 26.3. The van der Waals surface area contributed by atoms with E-state index in [1.807, 2.05) is 20.8 Å². The van der Waals surface area contributed by atoms with Gasteiger partial charge < -0.3 is 10.1 Å². The van der Waals surface area contributed by atoms with Crippen LogP contribution < -0.4 is 15.5 Å². The Morgan fingerprint density at radius 1 is 1.15 bits per heavy atom. The van der Waals surface area contributed by atoms with Crippen molar-refractivity contribution in [2.24, 2.45) is 0 Å². The van der Waals surface area contributed by atoms with Gasteiger partial charge in [0, 0.05) is 11.6 Å². The van der Waals surface area contributed by atoms with E-state index in [4.69, 9.17) is 4.74 Å². The predicted octanol–water partition coefficient (Wildman–Crippen LogP) is 5.63. The number of rotatable bonds is 7. The zero-order chi connectivity index (χ0) is 29.2. The number of hydrogen-bond acceptors (Lipinski definition) is 9. The van der Waals surface area contributed by atoms with Crippen LogP contribution in [-0.4, -0.2) is 25.4 Å². The molecule has 2 aromatic carbocycles. The van der Waals surface area contributed by atoms with E-state index < -0.39 is 34.2 Å². The summed E-state index contributed by atoms with van der Waals surface area (Å²) in [6.07, 6.45) is -3.17. The molecule has 1 aromatic heterocycles. The molecule has 10 nitrogen and oxygen atoms in total. The number of aromatic nitrogens is 2. The lowest BCUT2D eigenvalue weighted by Gasteiger charge is -2.36. The van der Waals surface area contributed by atoms with Crippen LogP contribution in [0.3, 0.4) is 0 Å². The minimum atomic E-state index is -4.66. The molecule has 0 spiro atoms. The molecule has 0 radical (unpaired) electrons. The van der Waals surface area contributed by atoms with Gasteiger partial charge >= 0.3 is 11.9 Å². The van der Waals surface area contributed by atoms with Gasteiger partial charge in [-0.05, 0) is 56.2 Å². The Bertz CT molecular complexity index is 1480. The molecule has 0 aliphatic carbocycles. The van der Waals surface area contributed by atoms with Crippen LogP contribution in [0.1, 0.15) is 43.6 Å². The van der Waals surface area contributed by atoms with Crippen molar-refractivity contribution in [3.05, 3.63) is 99.0 Å². The number of nitrogens with zero attached hydrogens (tertiary/aromatic N) is 5. The molecule has 2 N–H and O–H groups in total. The molecule has 3 aromatic rings. The van der Waals surface area contributed by atoms with E-state index in [1.165, 1.54) is 42.5 Å². The number of nitrogens with one attached hydrogen (secondary N) is 2. The Morgan fingerprint density at radius 2 is 1.85 bits per heavy atom. The molecule has 0 bridgehead atoms. The van der Waals surface area contributed by atoms with E-state index in [-0.39, 0.29) is 35.3 Å². The van der Waals surface area contributed by atoms with Crippen LogP contribution in [-0.2, 0) is 12.8 Å². The average Bonchev–Trinajstić information content (AvgIpc) is 3.26. The Balaban J connectivity index is 1.69. The number of nitro benzene ring substituents is 1. The first-order valence-corrected chi connectivity index (χ1v) is 11.8. The zero-order valence-electron chi connectivity index (χ0n) is 21.5. The third-order valence-corrected chi connectivity index (χ3v) is 5.83. The van der Waals surface area contributed by atoms with E-state index in [0.29, 0.717) is 17.3 Å². The van der Waals surface area contributed by atoms with Gasteiger partial charge in [-0.3, -0.25) is 15.1 Å². The summed E-state index contributed by atoms with van der Waals surface area (Å²) in [5.74, 6) is -0.307. The van der Waals surface area contributed by atoms with Crippen molar-refractivity contribution in [1.82, 2.24) is 20.4 Å². The molecule has 0 amide bonds. The number of nitro groups is 1. The van der Waals surface area contributed by atoms with E-state index >= 15 is 0 Å². The first-order chi connectivity index (χ1) is 18.8. The molecule has 2 heterocycles. The SMILES string of the molecule is CC(C)(C)N1NC(c2ccc([N+](=O)[O-])c(OCc3ccc(F)cc3)c2)C(C#N)=C1Nc1cnc(C(F)(F)F)cn1. The monoisotopic (exact) mass is 557 g/mol. The van der Waals surface area contributed by atoms with Crippen LogP contribution in [0.2, 0.25) is 0 Å². The molecule has 0 saturated heterocycles. The quantitative estimate of drug-likeness (QED) is 0.216. The van der Waals surface area contributed by atoms with Crippen molar-refractivity contribution in [1.29, 1.82) is 5.26 Å². The van der Waals surface area contributed by atoms with Crippen molar-refractivity contribution in [2.45, 2.75) is 45.1 Å². The first-order valence-electron chi connectivity index (χ1n) is 11.8. The average molecular weight is 558 g/mol. The van der Waals surface area contributed by atoms with Gasteiger partial charge in [-0.25, -0.2) is 19.8 Å². The lowest BCUT2D eigenvalue weighted by Crippen LogP contribution is -2.48. The van der Waals surface area contributed by atoms with E-state index in [0.717, 1.165) is 6.20 Å². The Labute approximate surface area is 226 Å². The van der Waals surface area contributed by atoms with Gasteiger partial charge in [0.25, 0.3) is 0 Å². The van der Waals surface area contributed by atoms with Crippen molar-refractivity contribution in [3.8, 4) is 11.8 Å². The second-order valence-electron chi connectivity index (χ2n) is 9.75. The molecular weight excluding hydrogens is 534 g/mol. The number of anilines is 1. The molecule has 0 fully saturated rings. The fourth-order valence-electron chi connectivity index (χ4n) is 3.91. The van der Waals surface area contributed by atoms with Crippen molar-refractivity contribution in [2.75, 3.05) is 5.32 Å². The Morgan fingerprint density at radius 3 is 2.40 bits per heavy atom. The fourth-order valence-corrected chi connectivity index (χ4v) is 3.91. The third-order valence-electron chi connectivity index (χ3n) is 5.83. The standard InChI is InChI=1S/C26H23F4N7O3/c1-25(2,3)36-24(34-22-13-32-21(12-33-22)26(28,29)30)18(11-31)23(35-36)16-6-9-19(37(38)39)20(10-16)40-14-15-4-7-17(27)8-5-15/h4-10,12-13,23,35H,14H2,1-3H3,(H,33,34). The van der Waals surface area contributed by atoms with Gasteiger partial charge in [0.15, 0.2) is 11.4 Å². The molecule has 208 valence electrons. The maximum atomic E-state index is 13.2. The highest BCUT2D eigenvalue weighted by Crippen LogP contribution is 2.39. The van der Waals surface area contributed by atoms with Crippen LogP contribution in [0.15, 0.2) is 66.3 Å². The largest absolute Gasteiger partial charge is 0.482 e. The summed E-state index contributed by atoms with van der Waals surface area (Å²) in [6, 6.07) is 10.9. The summed E-state index contributed by atoms with van der Waals surface area (Å²) in [4.78, 5) is 18.2. The van der Waals surface area contributed by atoms with Gasteiger partial charge in [0.1, 0.15) is 30.1 Å². The number of hydrazine groups is 1. The molecule has 40 heavy (non-hydrogen) atoms. The maximum absolute atomic E-state index is 13.2. The van der Waals surface area contributed by atoms with Crippen molar-refractivity contribution < 1.29 is 27.2 Å². The van der Waals surface area contributed by atoms with Crippen LogP contribution in [0, 0.1) is 27.3 Å². The number of halogens is 4. The summed E-state index contributed by atoms with van der Waals surface area (Å²) < 4.78 is 57.7. The summed E-state index contributed by atoms with van der Waals surface area (Å²) in [6.45, 7) is 5.44. The predicted molar refractivity (Wildman–Crippen MR) is 135 cm³/mol. The van der Waals surface area contributed by atoms with Gasteiger partial charge in [-0.1, -0.05) is 12.1 Å². The third kappa shape index (κ3) is 6.10. The highest BCUT2D eigenvalue weighted by molar-refractivity contribution is 5.54. The lowest BCUT2D eigenvalue weighted by atomic mass is 10.00. The second kappa shape index (κ2) is 10.8. The van der Waals surface area contributed by atoms with Crippen LogP contribution in [0.4, 0.5) is 29.1 Å². The number of benzene rings is 2. The summed E-state index contributed by atoms with van der Waals surface area (Å²) in [7, 11) is 0. The normalized spacial score (nSPS) is 15.7. The molecule has 4 rings (SSSR count). The van der Waals surface area contributed by atoms with Gasteiger partial charge in [-0.2, -0.15) is 18.4 Å². The van der Waals surface area contributed by atoms with E-state index in [2.05, 4.69) is 26.8 Å². The number of alkyl halides is 3. The highest BCUT2D eigenvalue weighted by atomic mass is 19.4. The highest BCUT2D eigenvalue weighted by Gasteiger charge is 2.39. The molecule has 1 atom stereocenters. The smallest absolute Gasteiger partial charge is 0.434 e. The Hall–Kier alpha value is -4.77. The fraction of sp³-hybridized carbons (Fsp3) is 0.269. The van der Waals surface area contributed by atoms with Gasteiger partial charge in [-0.15, -0.1) is 0 Å². The molecule has 1 unspecified atom stereocenters. The molecule has 0 saturated carbocycles. The minimum absolute atomic E-state index is 0.0283. The van der Waals surface area contributed by atoms with E-state index in [9.17, 15) is 32.9 Å². The van der Waals surface area contributed by atoms with Crippen LogP contribution >= 0.6 is 0 Å². The number of hydrogen-bond donors (Lipinski definition) is 2. The summed E-state index contributed by atoms with van der Waals surface area (Å²) in [5.41, 5.74) is 2.26. The molecule has 1 aliphatic heterocycles. The maximum Gasteiger partial charge on any atom is 0.434 e. The zero-order valence-corrected chi connectivity index (χ0v) is 21.5. The van der Waals surface area contributed by atoms with Crippen molar-refractivity contribution in [3.63, 3.8) is 0 Å². The summed E-state index contributed by atoms with van der Waals surface area (Å²) >= 11 is 0.